The predicted molar refractivity (Wildman–Crippen MR) is 79.6 cm³/mol. The molecule has 20 heavy (non-hydrogen) atoms. The highest BCUT2D eigenvalue weighted by Crippen LogP contribution is 2.13. The summed E-state index contributed by atoms with van der Waals surface area (Å²) in [5, 5.41) is 17.2. The van der Waals surface area contributed by atoms with Crippen LogP contribution in [0.1, 0.15) is 5.56 Å². The molecule has 0 heterocycles. The molecule has 1 aromatic rings. The lowest BCUT2D eigenvalue weighted by atomic mass is 10.1. The summed E-state index contributed by atoms with van der Waals surface area (Å²) in [4.78, 5) is 10.2. The van der Waals surface area contributed by atoms with E-state index in [0.717, 1.165) is 31.6 Å². The van der Waals surface area contributed by atoms with Crippen molar-refractivity contribution in [1.29, 1.82) is 0 Å². The van der Waals surface area contributed by atoms with Crippen molar-refractivity contribution in [2.75, 3.05) is 32.7 Å². The Morgan fingerprint density at radius 2 is 1.80 bits per heavy atom. The van der Waals surface area contributed by atoms with Gasteiger partial charge in [0.1, 0.15) is 0 Å². The lowest BCUT2D eigenvalue weighted by Crippen LogP contribution is -2.43. The van der Waals surface area contributed by atoms with Crippen LogP contribution in [0.3, 0.4) is 0 Å². The molecule has 0 aliphatic heterocycles. The maximum atomic E-state index is 10.6. The van der Waals surface area contributed by atoms with Gasteiger partial charge in [-0.25, -0.2) is 0 Å². The van der Waals surface area contributed by atoms with Gasteiger partial charge >= 0.3 is 0 Å². The first-order valence-corrected chi connectivity index (χ1v) is 6.75. The van der Waals surface area contributed by atoms with E-state index in [4.69, 9.17) is 11.5 Å². The molecule has 0 aromatic heterocycles. The van der Waals surface area contributed by atoms with Crippen molar-refractivity contribution in [2.45, 2.75) is 12.5 Å². The molecule has 0 bridgehead atoms. The van der Waals surface area contributed by atoms with Gasteiger partial charge in [-0.2, -0.15) is 0 Å². The molecule has 0 saturated carbocycles. The van der Waals surface area contributed by atoms with Crippen LogP contribution in [0, 0.1) is 10.1 Å². The summed E-state index contributed by atoms with van der Waals surface area (Å²) in [5.74, 6) is 0. The van der Waals surface area contributed by atoms with Crippen LogP contribution in [-0.2, 0) is 6.42 Å². The van der Waals surface area contributed by atoms with E-state index in [2.05, 4.69) is 10.6 Å². The lowest BCUT2D eigenvalue weighted by molar-refractivity contribution is -0.384. The number of rotatable bonds is 10. The zero-order chi connectivity index (χ0) is 14.8. The highest BCUT2D eigenvalue weighted by Gasteiger charge is 2.10. The van der Waals surface area contributed by atoms with Gasteiger partial charge in [0.15, 0.2) is 0 Å². The average Bonchev–Trinajstić information content (AvgIpc) is 2.45. The molecule has 0 fully saturated rings. The normalized spacial score (nSPS) is 12.3. The van der Waals surface area contributed by atoms with Gasteiger partial charge in [0.05, 0.1) is 4.92 Å². The molecular formula is C13H23N5O2. The summed E-state index contributed by atoms with van der Waals surface area (Å²) in [6.45, 7) is 3.46. The van der Waals surface area contributed by atoms with Gasteiger partial charge in [0, 0.05) is 50.9 Å². The number of nitro benzene ring substituents is 1. The van der Waals surface area contributed by atoms with Gasteiger partial charge in [-0.15, -0.1) is 0 Å². The van der Waals surface area contributed by atoms with Crippen molar-refractivity contribution >= 4 is 5.69 Å². The van der Waals surface area contributed by atoms with Gasteiger partial charge < -0.3 is 22.1 Å². The minimum atomic E-state index is -0.392. The smallest absolute Gasteiger partial charge is 0.269 e. The summed E-state index contributed by atoms with van der Waals surface area (Å²) >= 11 is 0. The highest BCUT2D eigenvalue weighted by molar-refractivity contribution is 5.33. The molecule has 0 unspecified atom stereocenters. The van der Waals surface area contributed by atoms with E-state index in [-0.39, 0.29) is 11.7 Å². The fraction of sp³-hybridized carbons (Fsp3) is 0.538. The Hall–Kier alpha value is -1.54. The van der Waals surface area contributed by atoms with Crippen molar-refractivity contribution in [3.8, 4) is 0 Å². The molecule has 0 aliphatic rings. The van der Waals surface area contributed by atoms with E-state index in [1.54, 1.807) is 12.1 Å². The molecule has 0 amide bonds. The standard InChI is InChI=1S/C13H23N5O2/c14-5-7-16-10-12(17-8-6-15)9-11-1-3-13(4-2-11)18(19)20/h1-4,12,16-17H,5-10,14-15H2/t12-/m0/s1. The fourth-order valence-electron chi connectivity index (χ4n) is 1.92. The summed E-state index contributed by atoms with van der Waals surface area (Å²) in [5.41, 5.74) is 12.1. The Kier molecular flexibility index (Phi) is 7.74. The summed E-state index contributed by atoms with van der Waals surface area (Å²) in [6, 6.07) is 6.87. The van der Waals surface area contributed by atoms with Gasteiger partial charge in [-0.1, -0.05) is 12.1 Å². The minimum Gasteiger partial charge on any atom is -0.329 e. The van der Waals surface area contributed by atoms with Crippen molar-refractivity contribution in [3.05, 3.63) is 39.9 Å². The summed E-state index contributed by atoms with van der Waals surface area (Å²) < 4.78 is 0. The van der Waals surface area contributed by atoms with Crippen LogP contribution in [-0.4, -0.2) is 43.7 Å². The Bertz CT molecular complexity index is 396. The van der Waals surface area contributed by atoms with Gasteiger partial charge in [-0.3, -0.25) is 10.1 Å². The first-order chi connectivity index (χ1) is 9.67. The van der Waals surface area contributed by atoms with Crippen LogP contribution < -0.4 is 22.1 Å². The zero-order valence-corrected chi connectivity index (χ0v) is 11.5. The highest BCUT2D eigenvalue weighted by atomic mass is 16.6. The second kappa shape index (κ2) is 9.38. The molecule has 1 rings (SSSR count). The van der Waals surface area contributed by atoms with E-state index in [1.807, 2.05) is 0 Å². The van der Waals surface area contributed by atoms with E-state index in [9.17, 15) is 10.1 Å². The largest absolute Gasteiger partial charge is 0.329 e. The quantitative estimate of drug-likeness (QED) is 0.263. The SMILES string of the molecule is NCCNC[C@H](Cc1ccc([N+](=O)[O-])cc1)NCCN. The minimum absolute atomic E-state index is 0.112. The summed E-state index contributed by atoms with van der Waals surface area (Å²) in [6.07, 6.45) is 0.787. The maximum Gasteiger partial charge on any atom is 0.269 e. The van der Waals surface area contributed by atoms with Crippen LogP contribution in [0.15, 0.2) is 24.3 Å². The molecule has 0 spiro atoms. The number of nitro groups is 1. The van der Waals surface area contributed by atoms with Crippen LogP contribution in [0.25, 0.3) is 0 Å². The van der Waals surface area contributed by atoms with Crippen LogP contribution in [0.4, 0.5) is 5.69 Å². The topological polar surface area (TPSA) is 119 Å². The number of nitrogens with one attached hydrogen (secondary N) is 2. The number of hydrogen-bond donors (Lipinski definition) is 4. The Balaban J connectivity index is 2.55. The predicted octanol–water partition coefficient (Wildman–Crippen LogP) is -0.397. The molecule has 7 heteroatoms. The second-order valence-corrected chi connectivity index (χ2v) is 4.56. The number of benzene rings is 1. The molecule has 6 N–H and O–H groups in total. The first-order valence-electron chi connectivity index (χ1n) is 6.75. The molecule has 1 aromatic carbocycles. The number of nitrogens with zero attached hydrogens (tertiary/aromatic N) is 1. The lowest BCUT2D eigenvalue weighted by Gasteiger charge is -2.19. The Morgan fingerprint density at radius 3 is 2.35 bits per heavy atom. The third kappa shape index (κ3) is 6.07. The first kappa shape index (κ1) is 16.5. The molecular weight excluding hydrogens is 258 g/mol. The van der Waals surface area contributed by atoms with Gasteiger partial charge in [-0.05, 0) is 12.0 Å². The van der Waals surface area contributed by atoms with E-state index >= 15 is 0 Å². The van der Waals surface area contributed by atoms with Gasteiger partial charge in [0.2, 0.25) is 0 Å². The average molecular weight is 281 g/mol. The molecule has 0 saturated heterocycles. The third-order valence-corrected chi connectivity index (χ3v) is 2.92. The van der Waals surface area contributed by atoms with Crippen molar-refractivity contribution in [3.63, 3.8) is 0 Å². The van der Waals surface area contributed by atoms with Gasteiger partial charge in [0.25, 0.3) is 5.69 Å². The Morgan fingerprint density at radius 1 is 1.15 bits per heavy atom. The van der Waals surface area contributed by atoms with E-state index < -0.39 is 4.92 Å². The molecule has 0 radical (unpaired) electrons. The van der Waals surface area contributed by atoms with E-state index in [1.165, 1.54) is 12.1 Å². The maximum absolute atomic E-state index is 10.6. The second-order valence-electron chi connectivity index (χ2n) is 4.56. The van der Waals surface area contributed by atoms with Crippen LogP contribution in [0.2, 0.25) is 0 Å². The van der Waals surface area contributed by atoms with Crippen molar-refractivity contribution in [1.82, 2.24) is 10.6 Å². The Labute approximate surface area is 118 Å². The fourth-order valence-corrected chi connectivity index (χ4v) is 1.92. The summed E-state index contributed by atoms with van der Waals surface area (Å²) in [7, 11) is 0. The monoisotopic (exact) mass is 281 g/mol. The van der Waals surface area contributed by atoms with Crippen LogP contribution in [0.5, 0.6) is 0 Å². The van der Waals surface area contributed by atoms with Crippen molar-refractivity contribution < 1.29 is 4.92 Å². The zero-order valence-electron chi connectivity index (χ0n) is 11.5. The van der Waals surface area contributed by atoms with E-state index in [0.29, 0.717) is 13.1 Å². The molecule has 0 aliphatic carbocycles. The van der Waals surface area contributed by atoms with Crippen LogP contribution >= 0.6 is 0 Å². The molecule has 1 atom stereocenters. The number of non-ortho nitro benzene ring substituents is 1. The molecule has 112 valence electrons. The van der Waals surface area contributed by atoms with Crippen molar-refractivity contribution in [2.24, 2.45) is 11.5 Å². The third-order valence-electron chi connectivity index (χ3n) is 2.92. The number of hydrogen-bond acceptors (Lipinski definition) is 6. The molecule has 7 nitrogen and oxygen atoms in total. The number of nitrogens with two attached hydrogens (primary N) is 2.